The summed E-state index contributed by atoms with van der Waals surface area (Å²) in [5.41, 5.74) is -0.549. The van der Waals surface area contributed by atoms with Crippen LogP contribution in [0.15, 0.2) is 47.5 Å². The topological polar surface area (TPSA) is 49.8 Å². The average molecular weight is 421 g/mol. The highest BCUT2D eigenvalue weighted by Gasteiger charge is 2.34. The molecule has 1 atom stereocenters. The summed E-state index contributed by atoms with van der Waals surface area (Å²) >= 11 is 1.19. The molecule has 5 rings (SSSR count). The molecule has 0 aliphatic carbocycles. The maximum absolute atomic E-state index is 13.7. The molecule has 0 saturated carbocycles. The Morgan fingerprint density at radius 2 is 1.72 bits per heavy atom. The van der Waals surface area contributed by atoms with Gasteiger partial charge in [-0.3, -0.25) is 0 Å². The Morgan fingerprint density at radius 3 is 2.52 bits per heavy atom. The zero-order valence-corrected chi connectivity index (χ0v) is 15.7. The molecule has 0 spiro atoms. The zero-order chi connectivity index (χ0) is 20.0. The lowest BCUT2D eigenvalue weighted by Gasteiger charge is -2.26. The molecule has 0 N–H and O–H groups in total. The summed E-state index contributed by atoms with van der Waals surface area (Å²) in [6.45, 7) is 0.303. The van der Waals surface area contributed by atoms with Gasteiger partial charge < -0.3 is 18.9 Å². The van der Waals surface area contributed by atoms with Crippen LogP contribution in [0.5, 0.6) is 23.0 Å². The van der Waals surface area contributed by atoms with Gasteiger partial charge >= 0.3 is 6.18 Å². The summed E-state index contributed by atoms with van der Waals surface area (Å²) in [6.07, 6.45) is -4.81. The quantitative estimate of drug-likeness (QED) is 0.560. The van der Waals surface area contributed by atoms with Gasteiger partial charge in [-0.25, -0.2) is 4.98 Å². The molecule has 0 saturated heterocycles. The number of alkyl halides is 3. The van der Waals surface area contributed by atoms with Crippen molar-refractivity contribution >= 4 is 22.7 Å². The predicted octanol–water partition coefficient (Wildman–Crippen LogP) is 4.91. The van der Waals surface area contributed by atoms with Crippen LogP contribution in [0.4, 0.5) is 13.2 Å². The van der Waals surface area contributed by atoms with Crippen LogP contribution in [-0.4, -0.2) is 30.2 Å². The number of pyridine rings is 1. The van der Waals surface area contributed by atoms with E-state index in [1.165, 1.54) is 23.9 Å². The fourth-order valence-corrected chi connectivity index (χ4v) is 4.11. The summed E-state index contributed by atoms with van der Waals surface area (Å²) < 4.78 is 63.0. The van der Waals surface area contributed by atoms with E-state index in [1.807, 2.05) is 18.2 Å². The lowest BCUT2D eigenvalue weighted by atomic mass is 10.1. The molecule has 2 aliphatic heterocycles. The number of ether oxygens (including phenoxy) is 4. The maximum Gasteiger partial charge on any atom is 0.417 e. The first-order valence-electron chi connectivity index (χ1n) is 8.80. The smallest absolute Gasteiger partial charge is 0.417 e. The molecule has 29 heavy (non-hydrogen) atoms. The van der Waals surface area contributed by atoms with Crippen molar-refractivity contribution in [2.45, 2.75) is 17.3 Å². The Labute approximate surface area is 167 Å². The SMILES string of the molecule is FC(F)(F)c1cc(SC[C@H]2COc3ccccc3O2)nc2cc3c(cc12)OCO3. The third-order valence-electron chi connectivity index (χ3n) is 4.57. The number of halogens is 3. The first-order chi connectivity index (χ1) is 14.0. The van der Waals surface area contributed by atoms with Gasteiger partial charge in [-0.05, 0) is 24.3 Å². The van der Waals surface area contributed by atoms with Crippen molar-refractivity contribution in [1.29, 1.82) is 0 Å². The van der Waals surface area contributed by atoms with Gasteiger partial charge in [0, 0.05) is 17.2 Å². The molecular formula is C20H14F3NO4S. The highest BCUT2D eigenvalue weighted by molar-refractivity contribution is 7.99. The summed E-state index contributed by atoms with van der Waals surface area (Å²) in [7, 11) is 0. The third-order valence-corrected chi connectivity index (χ3v) is 5.61. The Kier molecular flexibility index (Phi) is 4.34. The van der Waals surface area contributed by atoms with Crippen LogP contribution in [-0.2, 0) is 6.18 Å². The largest absolute Gasteiger partial charge is 0.486 e. The highest BCUT2D eigenvalue weighted by Crippen LogP contribution is 2.42. The minimum absolute atomic E-state index is 0.0164. The molecule has 2 aliphatic rings. The van der Waals surface area contributed by atoms with Crippen molar-refractivity contribution in [2.24, 2.45) is 0 Å². The zero-order valence-electron chi connectivity index (χ0n) is 14.9. The molecule has 150 valence electrons. The summed E-state index contributed by atoms with van der Waals surface area (Å²) in [5.74, 6) is 2.36. The minimum atomic E-state index is -4.52. The van der Waals surface area contributed by atoms with E-state index in [2.05, 4.69) is 4.98 Å². The molecule has 0 fully saturated rings. The van der Waals surface area contributed by atoms with E-state index in [0.717, 1.165) is 6.07 Å². The summed E-state index contributed by atoms with van der Waals surface area (Å²) in [6, 6.07) is 11.2. The Hall–Kier alpha value is -2.81. The second-order valence-electron chi connectivity index (χ2n) is 6.54. The Balaban J connectivity index is 1.42. The first-order valence-corrected chi connectivity index (χ1v) is 9.79. The third kappa shape index (κ3) is 3.50. The van der Waals surface area contributed by atoms with Crippen LogP contribution in [0, 0.1) is 0 Å². The lowest BCUT2D eigenvalue weighted by Crippen LogP contribution is -2.31. The van der Waals surface area contributed by atoms with Gasteiger partial charge in [0.05, 0.1) is 16.1 Å². The van der Waals surface area contributed by atoms with E-state index in [4.69, 9.17) is 18.9 Å². The van der Waals surface area contributed by atoms with Crippen molar-refractivity contribution < 1.29 is 32.1 Å². The van der Waals surface area contributed by atoms with E-state index in [1.54, 1.807) is 6.07 Å². The lowest BCUT2D eigenvalue weighted by molar-refractivity contribution is -0.136. The van der Waals surface area contributed by atoms with E-state index in [0.29, 0.717) is 29.6 Å². The van der Waals surface area contributed by atoms with Crippen LogP contribution < -0.4 is 18.9 Å². The van der Waals surface area contributed by atoms with Crippen LogP contribution >= 0.6 is 11.8 Å². The molecule has 0 bridgehead atoms. The Morgan fingerprint density at radius 1 is 0.966 bits per heavy atom. The fraction of sp³-hybridized carbons (Fsp3) is 0.250. The summed E-state index contributed by atoms with van der Waals surface area (Å²) in [5, 5.41) is 0.239. The highest BCUT2D eigenvalue weighted by atomic mass is 32.2. The van der Waals surface area contributed by atoms with Crippen molar-refractivity contribution in [3.63, 3.8) is 0 Å². The molecule has 5 nitrogen and oxygen atoms in total. The second kappa shape index (κ2) is 6.91. The molecular weight excluding hydrogens is 407 g/mol. The van der Waals surface area contributed by atoms with Crippen molar-refractivity contribution in [3.05, 3.63) is 48.0 Å². The van der Waals surface area contributed by atoms with E-state index < -0.39 is 11.7 Å². The fourth-order valence-electron chi connectivity index (χ4n) is 3.22. The van der Waals surface area contributed by atoms with Gasteiger partial charge in [0.2, 0.25) is 6.79 Å². The van der Waals surface area contributed by atoms with E-state index in [-0.39, 0.29) is 34.6 Å². The van der Waals surface area contributed by atoms with Gasteiger partial charge in [0.1, 0.15) is 12.7 Å². The average Bonchev–Trinajstić information content (AvgIpc) is 3.16. The van der Waals surface area contributed by atoms with Crippen LogP contribution in [0.1, 0.15) is 5.56 Å². The number of nitrogens with zero attached hydrogens (tertiary/aromatic N) is 1. The molecule has 2 aromatic carbocycles. The molecule has 3 aromatic rings. The second-order valence-corrected chi connectivity index (χ2v) is 7.58. The number of thioether (sulfide) groups is 1. The van der Waals surface area contributed by atoms with Gasteiger partial charge in [-0.1, -0.05) is 12.1 Å². The van der Waals surface area contributed by atoms with Gasteiger partial charge in [-0.2, -0.15) is 13.2 Å². The minimum Gasteiger partial charge on any atom is -0.486 e. The maximum atomic E-state index is 13.7. The van der Waals surface area contributed by atoms with Crippen LogP contribution in [0.3, 0.4) is 0 Å². The molecule has 9 heteroatoms. The number of hydrogen-bond acceptors (Lipinski definition) is 6. The first kappa shape index (κ1) is 18.2. The monoisotopic (exact) mass is 421 g/mol. The number of hydrogen-bond donors (Lipinski definition) is 0. The molecule has 0 unspecified atom stereocenters. The van der Waals surface area contributed by atoms with Crippen molar-refractivity contribution in [3.8, 4) is 23.0 Å². The van der Waals surface area contributed by atoms with Crippen LogP contribution in [0.2, 0.25) is 0 Å². The number of aromatic nitrogens is 1. The predicted molar refractivity (Wildman–Crippen MR) is 99.9 cm³/mol. The van der Waals surface area contributed by atoms with Gasteiger partial charge in [-0.15, -0.1) is 11.8 Å². The molecule has 0 radical (unpaired) electrons. The molecule has 0 amide bonds. The van der Waals surface area contributed by atoms with Gasteiger partial charge in [0.15, 0.2) is 23.0 Å². The number of benzene rings is 2. The number of fused-ring (bicyclic) bond motifs is 3. The normalized spacial score (nSPS) is 17.6. The van der Waals surface area contributed by atoms with Crippen molar-refractivity contribution in [2.75, 3.05) is 19.2 Å². The van der Waals surface area contributed by atoms with Crippen molar-refractivity contribution in [1.82, 2.24) is 4.98 Å². The summed E-state index contributed by atoms with van der Waals surface area (Å²) in [4.78, 5) is 4.39. The number of para-hydroxylation sites is 2. The molecule has 1 aromatic heterocycles. The Bertz CT molecular complexity index is 1090. The standard InChI is InChI=1S/C20H14F3NO4S/c21-20(22,23)13-6-19(24-14-7-18-17(5-12(13)14)26-10-27-18)29-9-11-8-25-15-3-1-2-4-16(15)28-11/h1-7,11H,8-10H2/t11-/m1/s1. The van der Waals surface area contributed by atoms with E-state index >= 15 is 0 Å². The molecule has 3 heterocycles. The van der Waals surface area contributed by atoms with Crippen LogP contribution in [0.25, 0.3) is 10.9 Å². The van der Waals surface area contributed by atoms with Gasteiger partial charge in [0.25, 0.3) is 0 Å². The number of rotatable bonds is 3. The van der Waals surface area contributed by atoms with E-state index in [9.17, 15) is 13.2 Å².